The third kappa shape index (κ3) is 4.38. The molecule has 0 fully saturated rings. The molecule has 2 N–H and O–H groups in total. The number of hydrogen-bond acceptors (Lipinski definition) is 5. The summed E-state index contributed by atoms with van der Waals surface area (Å²) in [5, 5.41) is 6.37. The monoisotopic (exact) mass is 478 g/mol. The van der Waals surface area contributed by atoms with Gasteiger partial charge in [0, 0.05) is 35.8 Å². The van der Waals surface area contributed by atoms with Crippen LogP contribution in [-0.2, 0) is 16.1 Å². The molecular formula is C29H26N4O3. The zero-order valence-corrected chi connectivity index (χ0v) is 20.1. The van der Waals surface area contributed by atoms with Gasteiger partial charge in [0.2, 0.25) is 0 Å². The smallest absolute Gasteiger partial charge is 0.338 e. The van der Waals surface area contributed by atoms with Crippen molar-refractivity contribution in [2.24, 2.45) is 0 Å². The van der Waals surface area contributed by atoms with Gasteiger partial charge in [-0.05, 0) is 55.8 Å². The molecule has 0 bridgehead atoms. The molecule has 7 nitrogen and oxygen atoms in total. The van der Waals surface area contributed by atoms with Crippen LogP contribution in [0.25, 0.3) is 22.7 Å². The van der Waals surface area contributed by atoms with Crippen molar-refractivity contribution in [1.82, 2.24) is 9.55 Å². The molecule has 1 aliphatic rings. The molecule has 0 radical (unpaired) electrons. The summed E-state index contributed by atoms with van der Waals surface area (Å²) in [7, 11) is 0. The number of carbonyl (C=O) groups is 2. The number of carbonyl (C=O) groups excluding carboxylic acids is 2. The Labute approximate surface area is 209 Å². The summed E-state index contributed by atoms with van der Waals surface area (Å²) in [6.07, 6.45) is 3.76. The predicted molar refractivity (Wildman–Crippen MR) is 141 cm³/mol. The lowest BCUT2D eigenvalue weighted by atomic mass is 9.99. The van der Waals surface area contributed by atoms with Crippen molar-refractivity contribution in [3.8, 4) is 11.4 Å². The second-order valence-electron chi connectivity index (χ2n) is 8.29. The Morgan fingerprint density at radius 1 is 1.00 bits per heavy atom. The maximum atomic E-state index is 13.2. The summed E-state index contributed by atoms with van der Waals surface area (Å²) in [6, 6.07) is 22.8. The molecule has 4 aromatic rings. The van der Waals surface area contributed by atoms with Gasteiger partial charge >= 0.3 is 5.97 Å². The van der Waals surface area contributed by atoms with Crippen LogP contribution >= 0.6 is 0 Å². The number of nitrogens with one attached hydrogen (secondary N) is 2. The van der Waals surface area contributed by atoms with Gasteiger partial charge in [0.15, 0.2) is 0 Å². The van der Waals surface area contributed by atoms with E-state index in [0.717, 1.165) is 34.7 Å². The average Bonchev–Trinajstić information content (AvgIpc) is 3.51. The van der Waals surface area contributed by atoms with Gasteiger partial charge in [-0.2, -0.15) is 0 Å². The number of hydrogen-bond donors (Lipinski definition) is 2. The molecule has 3 aromatic carbocycles. The largest absolute Gasteiger partial charge is 0.462 e. The van der Waals surface area contributed by atoms with Crippen LogP contribution in [0, 0.1) is 0 Å². The van der Waals surface area contributed by atoms with E-state index in [-0.39, 0.29) is 12.5 Å². The second-order valence-corrected chi connectivity index (χ2v) is 8.29. The third-order valence-electron chi connectivity index (χ3n) is 6.06. The molecule has 0 spiro atoms. The lowest BCUT2D eigenvalue weighted by Crippen LogP contribution is -2.10. The number of aryl methyl sites for hydroxylation is 1. The van der Waals surface area contributed by atoms with Gasteiger partial charge in [-0.15, -0.1) is 0 Å². The highest BCUT2D eigenvalue weighted by Crippen LogP contribution is 2.38. The SMILES string of the molecule is CCOC(=O)c1ccc2c(c1)NC(=O)/C2=C(/Nc1ccc(-c2nccn2CC)cc1)c1ccccc1. The summed E-state index contributed by atoms with van der Waals surface area (Å²) in [6.45, 7) is 4.97. The van der Waals surface area contributed by atoms with Crippen molar-refractivity contribution in [3.63, 3.8) is 0 Å². The third-order valence-corrected chi connectivity index (χ3v) is 6.06. The van der Waals surface area contributed by atoms with Crippen LogP contribution < -0.4 is 10.6 Å². The molecular weight excluding hydrogens is 452 g/mol. The molecule has 0 aliphatic carbocycles. The van der Waals surface area contributed by atoms with E-state index in [1.165, 1.54) is 0 Å². The maximum Gasteiger partial charge on any atom is 0.338 e. The predicted octanol–water partition coefficient (Wildman–Crippen LogP) is 5.68. The molecule has 1 aromatic heterocycles. The van der Waals surface area contributed by atoms with Crippen LogP contribution in [0.2, 0.25) is 0 Å². The van der Waals surface area contributed by atoms with Crippen molar-refractivity contribution in [1.29, 1.82) is 0 Å². The molecule has 1 amide bonds. The van der Waals surface area contributed by atoms with Crippen LogP contribution in [0.15, 0.2) is 85.2 Å². The first-order valence-electron chi connectivity index (χ1n) is 11.9. The molecule has 36 heavy (non-hydrogen) atoms. The molecule has 5 rings (SSSR count). The second kappa shape index (κ2) is 9.92. The maximum absolute atomic E-state index is 13.2. The first kappa shape index (κ1) is 23.1. The summed E-state index contributed by atoms with van der Waals surface area (Å²) in [5.74, 6) is 0.253. The van der Waals surface area contributed by atoms with Crippen molar-refractivity contribution in [2.45, 2.75) is 20.4 Å². The Morgan fingerprint density at radius 2 is 1.78 bits per heavy atom. The van der Waals surface area contributed by atoms with Crippen LogP contribution in [0.3, 0.4) is 0 Å². The van der Waals surface area contributed by atoms with E-state index in [1.807, 2.05) is 60.8 Å². The van der Waals surface area contributed by atoms with Gasteiger partial charge in [-0.3, -0.25) is 4.79 Å². The van der Waals surface area contributed by atoms with E-state index in [1.54, 1.807) is 31.3 Å². The molecule has 0 saturated carbocycles. The standard InChI is InChI=1S/C29H26N4O3/c1-3-33-17-16-30-27(33)20-10-13-22(14-11-20)31-26(19-8-6-5-7-9-19)25-23-15-12-21(29(35)36-4-2)18-24(23)32-28(25)34/h5-18,31H,3-4H2,1-2H3,(H,32,34)/b26-25+. The molecule has 2 heterocycles. The average molecular weight is 479 g/mol. The molecule has 0 saturated heterocycles. The Balaban J connectivity index is 1.55. The number of aromatic nitrogens is 2. The van der Waals surface area contributed by atoms with Crippen molar-refractivity contribution < 1.29 is 14.3 Å². The van der Waals surface area contributed by atoms with Gasteiger partial charge < -0.3 is 19.9 Å². The number of nitrogens with zero attached hydrogens (tertiary/aromatic N) is 2. The van der Waals surface area contributed by atoms with Crippen LogP contribution in [0.5, 0.6) is 0 Å². The van der Waals surface area contributed by atoms with Crippen molar-refractivity contribution in [2.75, 3.05) is 17.2 Å². The molecule has 0 atom stereocenters. The summed E-state index contributed by atoms with van der Waals surface area (Å²) >= 11 is 0. The van der Waals surface area contributed by atoms with Gasteiger partial charge in [-0.25, -0.2) is 9.78 Å². The summed E-state index contributed by atoms with van der Waals surface area (Å²) in [5.41, 5.74) is 5.61. The van der Waals surface area contributed by atoms with Crippen LogP contribution in [0.4, 0.5) is 11.4 Å². The zero-order valence-electron chi connectivity index (χ0n) is 20.1. The fourth-order valence-electron chi connectivity index (χ4n) is 4.32. The van der Waals surface area contributed by atoms with E-state index in [9.17, 15) is 9.59 Å². The fourth-order valence-corrected chi connectivity index (χ4v) is 4.32. The van der Waals surface area contributed by atoms with Gasteiger partial charge in [0.05, 0.1) is 29.1 Å². The molecule has 1 aliphatic heterocycles. The highest BCUT2D eigenvalue weighted by Gasteiger charge is 2.29. The number of fused-ring (bicyclic) bond motifs is 1. The lowest BCUT2D eigenvalue weighted by molar-refractivity contribution is -0.110. The minimum atomic E-state index is -0.419. The normalized spacial score (nSPS) is 13.7. The number of imidazole rings is 1. The number of rotatable bonds is 7. The zero-order chi connectivity index (χ0) is 25.1. The highest BCUT2D eigenvalue weighted by molar-refractivity contribution is 6.37. The highest BCUT2D eigenvalue weighted by atomic mass is 16.5. The van der Waals surface area contributed by atoms with Gasteiger partial charge in [0.25, 0.3) is 5.91 Å². The topological polar surface area (TPSA) is 85.2 Å². The summed E-state index contributed by atoms with van der Waals surface area (Å²) in [4.78, 5) is 29.9. The quantitative estimate of drug-likeness (QED) is 0.264. The minimum absolute atomic E-state index is 0.237. The number of anilines is 2. The number of esters is 1. The molecule has 180 valence electrons. The molecule has 7 heteroatoms. The van der Waals surface area contributed by atoms with Gasteiger partial charge in [0.1, 0.15) is 5.82 Å². The Morgan fingerprint density at radius 3 is 2.50 bits per heavy atom. The number of benzene rings is 3. The first-order valence-corrected chi connectivity index (χ1v) is 11.9. The Kier molecular flexibility index (Phi) is 6.36. The van der Waals surface area contributed by atoms with Crippen molar-refractivity contribution in [3.05, 3.63) is 102 Å². The summed E-state index contributed by atoms with van der Waals surface area (Å²) < 4.78 is 7.19. The first-order chi connectivity index (χ1) is 17.6. The van der Waals surface area contributed by atoms with E-state index in [4.69, 9.17) is 4.74 Å². The number of amides is 1. The van der Waals surface area contributed by atoms with E-state index >= 15 is 0 Å². The van der Waals surface area contributed by atoms with Crippen LogP contribution in [-0.4, -0.2) is 28.0 Å². The lowest BCUT2D eigenvalue weighted by Gasteiger charge is -2.15. The van der Waals surface area contributed by atoms with E-state index < -0.39 is 5.97 Å². The van der Waals surface area contributed by atoms with Crippen LogP contribution in [0.1, 0.15) is 35.3 Å². The fraction of sp³-hybridized carbons (Fsp3) is 0.138. The Bertz CT molecular complexity index is 1450. The van der Waals surface area contributed by atoms with Gasteiger partial charge in [-0.1, -0.05) is 36.4 Å². The molecule has 0 unspecified atom stereocenters. The van der Waals surface area contributed by atoms with E-state index in [0.29, 0.717) is 22.5 Å². The van der Waals surface area contributed by atoms with E-state index in [2.05, 4.69) is 27.1 Å². The minimum Gasteiger partial charge on any atom is -0.462 e. The van der Waals surface area contributed by atoms with Crippen molar-refractivity contribution >= 4 is 34.5 Å². The Hall–Kier alpha value is -4.65. The number of ether oxygens (including phenoxy) is 1.